The maximum absolute atomic E-state index is 12.4. The van der Waals surface area contributed by atoms with E-state index in [4.69, 9.17) is 0 Å². The van der Waals surface area contributed by atoms with E-state index < -0.39 is 10.0 Å². The Bertz CT molecular complexity index is 728. The molecule has 1 aromatic heterocycles. The predicted molar refractivity (Wildman–Crippen MR) is 87.9 cm³/mol. The highest BCUT2D eigenvalue weighted by Crippen LogP contribution is 2.21. The lowest BCUT2D eigenvalue weighted by atomic mass is 10.1. The second-order valence-corrected chi connectivity index (χ2v) is 7.26. The first-order valence-corrected chi connectivity index (χ1v) is 8.95. The molecule has 0 aliphatic rings. The number of nitrogens with zero attached hydrogens (tertiary/aromatic N) is 1. The Morgan fingerprint density at radius 2 is 1.81 bits per heavy atom. The van der Waals surface area contributed by atoms with Crippen molar-refractivity contribution in [3.8, 4) is 0 Å². The average Bonchev–Trinajstić information content (AvgIpc) is 2.43. The zero-order valence-corrected chi connectivity index (χ0v) is 14.3. The molecule has 0 spiro atoms. The molecule has 2 aromatic rings. The number of nitrogens with one attached hydrogen (secondary N) is 1. The largest absolute Gasteiger partial charge is 0.278 e. The summed E-state index contributed by atoms with van der Waals surface area (Å²) in [5.41, 5.74) is 2.24. The summed E-state index contributed by atoms with van der Waals surface area (Å²) in [6.45, 7) is 3.85. The number of aryl methyl sites for hydroxylation is 2. The summed E-state index contributed by atoms with van der Waals surface area (Å²) in [6, 6.07) is 10.4. The first kappa shape index (κ1) is 16.0. The van der Waals surface area contributed by atoms with Crippen molar-refractivity contribution in [3.05, 3.63) is 52.3 Å². The minimum Gasteiger partial charge on any atom is -0.278 e. The molecule has 1 aromatic carbocycles. The van der Waals surface area contributed by atoms with E-state index in [0.717, 1.165) is 18.4 Å². The molecule has 0 amide bonds. The molecule has 6 heteroatoms. The van der Waals surface area contributed by atoms with Gasteiger partial charge in [-0.05, 0) is 59.1 Å². The second-order valence-electron chi connectivity index (χ2n) is 4.77. The smallest absolute Gasteiger partial charge is 0.261 e. The number of benzene rings is 1. The summed E-state index contributed by atoms with van der Waals surface area (Å²) < 4.78 is 28.0. The van der Waals surface area contributed by atoms with Gasteiger partial charge < -0.3 is 0 Å². The van der Waals surface area contributed by atoms with E-state index >= 15 is 0 Å². The van der Waals surface area contributed by atoms with E-state index in [2.05, 4.69) is 32.6 Å². The molecular formula is C15H17BrN2O2S. The van der Waals surface area contributed by atoms with Crippen LogP contribution >= 0.6 is 15.9 Å². The Kier molecular flexibility index (Phi) is 5.00. The fourth-order valence-electron chi connectivity index (χ4n) is 1.97. The van der Waals surface area contributed by atoms with E-state index in [-0.39, 0.29) is 4.90 Å². The van der Waals surface area contributed by atoms with Gasteiger partial charge in [0.05, 0.1) is 16.3 Å². The van der Waals surface area contributed by atoms with Crippen molar-refractivity contribution in [2.45, 2.75) is 31.6 Å². The number of hydrogen-bond donors (Lipinski definition) is 1. The van der Waals surface area contributed by atoms with Crippen LogP contribution < -0.4 is 4.72 Å². The summed E-state index contributed by atoms with van der Waals surface area (Å²) in [6.07, 6.45) is 1.98. The summed E-state index contributed by atoms with van der Waals surface area (Å²) in [4.78, 5) is 4.43. The SMILES string of the molecule is CCCc1ccc(S(=O)(=O)Nc2ccc(Br)nc2C)cc1. The van der Waals surface area contributed by atoms with Gasteiger partial charge in [-0.15, -0.1) is 0 Å². The summed E-state index contributed by atoms with van der Waals surface area (Å²) in [7, 11) is -3.59. The Hall–Kier alpha value is -1.40. The van der Waals surface area contributed by atoms with Crippen molar-refractivity contribution >= 4 is 31.6 Å². The van der Waals surface area contributed by atoms with Crippen molar-refractivity contribution in [1.82, 2.24) is 4.98 Å². The molecule has 0 atom stereocenters. The van der Waals surface area contributed by atoms with Crippen LogP contribution in [0.25, 0.3) is 0 Å². The molecular weight excluding hydrogens is 352 g/mol. The molecule has 4 nitrogen and oxygen atoms in total. The molecule has 0 aliphatic carbocycles. The molecule has 0 bridgehead atoms. The van der Waals surface area contributed by atoms with Crippen LogP contribution in [0, 0.1) is 6.92 Å². The van der Waals surface area contributed by atoms with E-state index in [1.807, 2.05) is 12.1 Å². The van der Waals surface area contributed by atoms with Gasteiger partial charge >= 0.3 is 0 Å². The van der Waals surface area contributed by atoms with Crippen LogP contribution in [0.3, 0.4) is 0 Å². The topological polar surface area (TPSA) is 59.1 Å². The summed E-state index contributed by atoms with van der Waals surface area (Å²) >= 11 is 3.26. The van der Waals surface area contributed by atoms with E-state index in [9.17, 15) is 8.42 Å². The minimum atomic E-state index is -3.59. The zero-order chi connectivity index (χ0) is 15.5. The third-order valence-electron chi connectivity index (χ3n) is 3.07. The fourth-order valence-corrected chi connectivity index (χ4v) is 3.48. The minimum absolute atomic E-state index is 0.254. The number of hydrogen-bond acceptors (Lipinski definition) is 3. The van der Waals surface area contributed by atoms with Crippen molar-refractivity contribution < 1.29 is 8.42 Å². The van der Waals surface area contributed by atoms with E-state index in [0.29, 0.717) is 16.0 Å². The van der Waals surface area contributed by atoms with Crippen LogP contribution in [0.4, 0.5) is 5.69 Å². The standard InChI is InChI=1S/C15H17BrN2O2S/c1-3-4-12-5-7-13(8-6-12)21(19,20)18-14-9-10-15(16)17-11(14)2/h5-10,18H,3-4H2,1-2H3. The molecule has 0 aliphatic heterocycles. The molecule has 21 heavy (non-hydrogen) atoms. The number of halogens is 1. The molecule has 0 radical (unpaired) electrons. The maximum Gasteiger partial charge on any atom is 0.261 e. The molecule has 112 valence electrons. The summed E-state index contributed by atoms with van der Waals surface area (Å²) in [5, 5.41) is 0. The molecule has 0 fully saturated rings. The molecule has 0 saturated carbocycles. The lowest BCUT2D eigenvalue weighted by molar-refractivity contribution is 0.601. The normalized spacial score (nSPS) is 11.4. The van der Waals surface area contributed by atoms with Crippen LogP contribution in [-0.4, -0.2) is 13.4 Å². The van der Waals surface area contributed by atoms with Crippen LogP contribution in [0.2, 0.25) is 0 Å². The van der Waals surface area contributed by atoms with Crippen molar-refractivity contribution in [3.63, 3.8) is 0 Å². The monoisotopic (exact) mass is 368 g/mol. The average molecular weight is 369 g/mol. The highest BCUT2D eigenvalue weighted by molar-refractivity contribution is 9.10. The van der Waals surface area contributed by atoms with Crippen LogP contribution in [0.5, 0.6) is 0 Å². The third kappa shape index (κ3) is 4.04. The highest BCUT2D eigenvalue weighted by atomic mass is 79.9. The second kappa shape index (κ2) is 6.58. The number of sulfonamides is 1. The van der Waals surface area contributed by atoms with Gasteiger partial charge in [-0.2, -0.15) is 0 Å². The van der Waals surface area contributed by atoms with Gasteiger partial charge in [-0.25, -0.2) is 13.4 Å². The Balaban J connectivity index is 2.25. The van der Waals surface area contributed by atoms with Gasteiger partial charge in [0, 0.05) is 0 Å². The van der Waals surface area contributed by atoms with Crippen molar-refractivity contribution in [2.75, 3.05) is 4.72 Å². The third-order valence-corrected chi connectivity index (χ3v) is 4.89. The lowest BCUT2D eigenvalue weighted by Gasteiger charge is -2.10. The molecule has 0 saturated heterocycles. The number of rotatable bonds is 5. The van der Waals surface area contributed by atoms with Gasteiger partial charge in [0.1, 0.15) is 4.60 Å². The van der Waals surface area contributed by atoms with Crippen molar-refractivity contribution in [2.24, 2.45) is 0 Å². The number of anilines is 1. The first-order chi connectivity index (χ1) is 9.92. The Labute approximate surface area is 133 Å². The van der Waals surface area contributed by atoms with Gasteiger partial charge in [0.25, 0.3) is 10.0 Å². The fraction of sp³-hybridized carbons (Fsp3) is 0.267. The van der Waals surface area contributed by atoms with Gasteiger partial charge in [-0.1, -0.05) is 25.5 Å². The maximum atomic E-state index is 12.4. The highest BCUT2D eigenvalue weighted by Gasteiger charge is 2.15. The quantitative estimate of drug-likeness (QED) is 0.813. The molecule has 0 unspecified atom stereocenters. The van der Waals surface area contributed by atoms with Gasteiger partial charge in [-0.3, -0.25) is 4.72 Å². The summed E-state index contributed by atoms with van der Waals surface area (Å²) in [5.74, 6) is 0. The van der Waals surface area contributed by atoms with Crippen LogP contribution in [0.15, 0.2) is 45.9 Å². The Morgan fingerprint density at radius 1 is 1.14 bits per heavy atom. The zero-order valence-electron chi connectivity index (χ0n) is 11.9. The van der Waals surface area contributed by atoms with E-state index in [1.165, 1.54) is 0 Å². The number of aromatic nitrogens is 1. The first-order valence-electron chi connectivity index (χ1n) is 6.67. The van der Waals surface area contributed by atoms with Gasteiger partial charge in [0.15, 0.2) is 0 Å². The van der Waals surface area contributed by atoms with Crippen LogP contribution in [-0.2, 0) is 16.4 Å². The van der Waals surface area contributed by atoms with Crippen LogP contribution in [0.1, 0.15) is 24.6 Å². The molecule has 1 N–H and O–H groups in total. The van der Waals surface area contributed by atoms with Gasteiger partial charge in [0.2, 0.25) is 0 Å². The Morgan fingerprint density at radius 3 is 2.38 bits per heavy atom. The van der Waals surface area contributed by atoms with Crippen molar-refractivity contribution in [1.29, 1.82) is 0 Å². The van der Waals surface area contributed by atoms with E-state index in [1.54, 1.807) is 31.2 Å². The lowest BCUT2D eigenvalue weighted by Crippen LogP contribution is -2.14. The molecule has 2 rings (SSSR count). The molecule has 1 heterocycles. The number of pyridine rings is 1. The predicted octanol–water partition coefficient (Wildman–Crippen LogP) is 3.91.